The van der Waals surface area contributed by atoms with Gasteiger partial charge in [0.1, 0.15) is 9.75 Å². The van der Waals surface area contributed by atoms with Crippen molar-refractivity contribution in [2.45, 2.75) is 49.3 Å². The SMILES string of the molecule is Cc1cc(S(=O)(=O)NC2(C(=O)O)CCC(C)CC2)sc1Br. The van der Waals surface area contributed by atoms with Gasteiger partial charge in [-0.3, -0.25) is 4.79 Å². The van der Waals surface area contributed by atoms with E-state index in [4.69, 9.17) is 0 Å². The van der Waals surface area contributed by atoms with E-state index in [2.05, 4.69) is 27.6 Å². The normalized spacial score (nSPS) is 26.7. The summed E-state index contributed by atoms with van der Waals surface area (Å²) in [5, 5.41) is 9.51. The molecule has 0 unspecified atom stereocenters. The first-order valence-corrected chi connectivity index (χ1v) is 9.79. The fraction of sp³-hybridized carbons (Fsp3) is 0.615. The number of aliphatic carboxylic acids is 1. The van der Waals surface area contributed by atoms with Crippen LogP contribution < -0.4 is 4.72 Å². The highest BCUT2D eigenvalue weighted by atomic mass is 79.9. The van der Waals surface area contributed by atoms with E-state index >= 15 is 0 Å². The van der Waals surface area contributed by atoms with Crippen LogP contribution in [0.5, 0.6) is 0 Å². The Labute approximate surface area is 136 Å². The summed E-state index contributed by atoms with van der Waals surface area (Å²) < 4.78 is 28.3. The minimum Gasteiger partial charge on any atom is -0.480 e. The number of halogens is 1. The maximum Gasteiger partial charge on any atom is 0.324 e. The Morgan fingerprint density at radius 2 is 2.05 bits per heavy atom. The summed E-state index contributed by atoms with van der Waals surface area (Å²) in [7, 11) is -3.82. The predicted molar refractivity (Wildman–Crippen MR) is 85.1 cm³/mol. The fourth-order valence-corrected chi connectivity index (χ4v) is 6.13. The number of carboxylic acid groups (broad SMARTS) is 1. The molecular formula is C13H18BrNO4S2. The van der Waals surface area contributed by atoms with Crippen molar-refractivity contribution in [3.8, 4) is 0 Å². The van der Waals surface area contributed by atoms with Crippen LogP contribution in [0.3, 0.4) is 0 Å². The summed E-state index contributed by atoms with van der Waals surface area (Å²) in [4.78, 5) is 11.6. The first-order chi connectivity index (χ1) is 9.66. The van der Waals surface area contributed by atoms with Crippen LogP contribution in [0, 0.1) is 12.8 Å². The molecule has 0 atom stereocenters. The lowest BCUT2D eigenvalue weighted by Crippen LogP contribution is -2.56. The fourth-order valence-electron chi connectivity index (χ4n) is 2.49. The Hall–Kier alpha value is -0.440. The van der Waals surface area contributed by atoms with Crippen molar-refractivity contribution in [1.29, 1.82) is 0 Å². The van der Waals surface area contributed by atoms with Gasteiger partial charge in [-0.2, -0.15) is 4.72 Å². The van der Waals surface area contributed by atoms with Gasteiger partial charge in [-0.15, -0.1) is 11.3 Å². The summed E-state index contributed by atoms with van der Waals surface area (Å²) in [5.74, 6) is -0.662. The van der Waals surface area contributed by atoms with Crippen LogP contribution in [0.15, 0.2) is 14.1 Å². The number of rotatable bonds is 4. The van der Waals surface area contributed by atoms with Gasteiger partial charge < -0.3 is 5.11 Å². The lowest BCUT2D eigenvalue weighted by molar-refractivity contribution is -0.145. The topological polar surface area (TPSA) is 83.5 Å². The Balaban J connectivity index is 2.30. The number of carbonyl (C=O) groups is 1. The number of hydrogen-bond donors (Lipinski definition) is 2. The van der Waals surface area contributed by atoms with E-state index in [0.717, 1.165) is 20.7 Å². The molecule has 2 rings (SSSR count). The Kier molecular flexibility index (Phi) is 4.82. The number of thiophene rings is 1. The minimum atomic E-state index is -3.82. The molecule has 1 aromatic rings. The maximum absolute atomic E-state index is 12.5. The molecule has 0 bridgehead atoms. The molecule has 5 nitrogen and oxygen atoms in total. The maximum atomic E-state index is 12.5. The molecule has 1 fully saturated rings. The average molecular weight is 396 g/mol. The molecular weight excluding hydrogens is 378 g/mol. The number of hydrogen-bond acceptors (Lipinski definition) is 4. The zero-order valence-corrected chi connectivity index (χ0v) is 15.1. The Morgan fingerprint density at radius 3 is 2.48 bits per heavy atom. The molecule has 8 heteroatoms. The molecule has 1 aliphatic rings. The van der Waals surface area contributed by atoms with Crippen molar-refractivity contribution < 1.29 is 18.3 Å². The van der Waals surface area contributed by atoms with Gasteiger partial charge in [0, 0.05) is 0 Å². The van der Waals surface area contributed by atoms with E-state index in [0.29, 0.717) is 31.6 Å². The number of nitrogens with one attached hydrogen (secondary N) is 1. The smallest absolute Gasteiger partial charge is 0.324 e. The first kappa shape index (κ1) is 16.9. The number of aryl methyl sites for hydroxylation is 1. The molecule has 118 valence electrons. The Bertz CT molecular complexity index is 626. The highest BCUT2D eigenvalue weighted by Gasteiger charge is 2.44. The zero-order chi connectivity index (χ0) is 15.8. The van der Waals surface area contributed by atoms with Gasteiger partial charge in [-0.25, -0.2) is 8.42 Å². The second kappa shape index (κ2) is 5.98. The molecule has 1 aliphatic carbocycles. The third-order valence-electron chi connectivity index (χ3n) is 3.97. The van der Waals surface area contributed by atoms with Gasteiger partial charge >= 0.3 is 5.97 Å². The van der Waals surface area contributed by atoms with E-state index < -0.39 is 21.5 Å². The molecule has 1 heterocycles. The van der Waals surface area contributed by atoms with Crippen molar-refractivity contribution >= 4 is 43.3 Å². The van der Waals surface area contributed by atoms with Crippen LogP contribution in [-0.2, 0) is 14.8 Å². The van der Waals surface area contributed by atoms with E-state index in [9.17, 15) is 18.3 Å². The molecule has 1 aromatic heterocycles. The molecule has 21 heavy (non-hydrogen) atoms. The number of sulfonamides is 1. The van der Waals surface area contributed by atoms with Gasteiger partial charge in [0.2, 0.25) is 0 Å². The minimum absolute atomic E-state index is 0.145. The van der Waals surface area contributed by atoms with E-state index in [-0.39, 0.29) is 4.21 Å². The van der Waals surface area contributed by atoms with Crippen LogP contribution >= 0.6 is 27.3 Å². The monoisotopic (exact) mass is 395 g/mol. The average Bonchev–Trinajstić information content (AvgIpc) is 2.73. The quantitative estimate of drug-likeness (QED) is 0.819. The molecule has 0 aromatic carbocycles. The highest BCUT2D eigenvalue weighted by molar-refractivity contribution is 9.11. The third kappa shape index (κ3) is 3.49. The van der Waals surface area contributed by atoms with Gasteiger partial charge in [-0.1, -0.05) is 6.92 Å². The van der Waals surface area contributed by atoms with Crippen LogP contribution in [0.4, 0.5) is 0 Å². The van der Waals surface area contributed by atoms with E-state index in [1.807, 2.05) is 0 Å². The second-order valence-electron chi connectivity index (χ2n) is 5.70. The Morgan fingerprint density at radius 1 is 1.48 bits per heavy atom. The summed E-state index contributed by atoms with van der Waals surface area (Å²) in [6.45, 7) is 3.86. The van der Waals surface area contributed by atoms with Crippen molar-refractivity contribution in [2.24, 2.45) is 5.92 Å². The largest absolute Gasteiger partial charge is 0.480 e. The van der Waals surface area contributed by atoms with Crippen LogP contribution in [0.1, 0.15) is 38.2 Å². The predicted octanol–water partition coefficient (Wildman–Crippen LogP) is 3.13. The van der Waals surface area contributed by atoms with Gasteiger partial charge in [0.25, 0.3) is 10.0 Å². The van der Waals surface area contributed by atoms with Crippen LogP contribution in [0.25, 0.3) is 0 Å². The highest BCUT2D eigenvalue weighted by Crippen LogP contribution is 2.35. The van der Waals surface area contributed by atoms with Gasteiger partial charge in [0.05, 0.1) is 3.79 Å². The van der Waals surface area contributed by atoms with E-state index in [1.54, 1.807) is 13.0 Å². The molecule has 0 saturated heterocycles. The lowest BCUT2D eigenvalue weighted by Gasteiger charge is -2.35. The van der Waals surface area contributed by atoms with Crippen molar-refractivity contribution in [1.82, 2.24) is 4.72 Å². The summed E-state index contributed by atoms with van der Waals surface area (Å²) in [5.41, 5.74) is -0.558. The van der Waals surface area contributed by atoms with Gasteiger partial charge in [0.15, 0.2) is 0 Å². The molecule has 2 N–H and O–H groups in total. The first-order valence-electron chi connectivity index (χ1n) is 6.69. The zero-order valence-electron chi connectivity index (χ0n) is 11.8. The summed E-state index contributed by atoms with van der Waals surface area (Å²) in [6, 6.07) is 1.55. The second-order valence-corrected chi connectivity index (χ2v) is 9.98. The van der Waals surface area contributed by atoms with Crippen LogP contribution in [0.2, 0.25) is 0 Å². The van der Waals surface area contributed by atoms with Gasteiger partial charge in [-0.05, 0) is 66.1 Å². The van der Waals surface area contributed by atoms with Crippen molar-refractivity contribution in [3.05, 3.63) is 15.4 Å². The molecule has 0 radical (unpaired) electrons. The summed E-state index contributed by atoms with van der Waals surface area (Å²) >= 11 is 4.39. The standard InChI is InChI=1S/C13H18BrNO4S2/c1-8-3-5-13(6-4-8,12(16)17)15-21(18,19)10-7-9(2)11(14)20-10/h7-8,15H,3-6H2,1-2H3,(H,16,17). The molecule has 0 amide bonds. The summed E-state index contributed by atoms with van der Waals surface area (Å²) in [6.07, 6.45) is 2.08. The third-order valence-corrected chi connectivity index (χ3v) is 8.11. The van der Waals surface area contributed by atoms with Crippen molar-refractivity contribution in [2.75, 3.05) is 0 Å². The lowest BCUT2D eigenvalue weighted by atomic mass is 9.78. The van der Waals surface area contributed by atoms with Crippen LogP contribution in [-0.4, -0.2) is 25.0 Å². The van der Waals surface area contributed by atoms with Crippen molar-refractivity contribution in [3.63, 3.8) is 0 Å². The molecule has 0 aliphatic heterocycles. The van der Waals surface area contributed by atoms with E-state index in [1.165, 1.54) is 0 Å². The number of carboxylic acids is 1. The molecule has 0 spiro atoms. The molecule has 1 saturated carbocycles.